The number of nitrogens with zero attached hydrogens (tertiary/aromatic N) is 4. The number of hydrogen-bond acceptors (Lipinski definition) is 7. The average molecular weight is 423 g/mol. The van der Waals surface area contributed by atoms with Crippen LogP contribution in [0.15, 0.2) is 12.2 Å². The minimum absolute atomic E-state index is 0.0139. The summed E-state index contributed by atoms with van der Waals surface area (Å²) in [5.41, 5.74) is 14.7. The van der Waals surface area contributed by atoms with Crippen molar-refractivity contribution in [3.63, 3.8) is 0 Å². The van der Waals surface area contributed by atoms with E-state index in [1.807, 2.05) is 18.7 Å². The number of aromatic nitrogens is 2. The van der Waals surface area contributed by atoms with Gasteiger partial charge in [0.05, 0.1) is 37.5 Å². The van der Waals surface area contributed by atoms with Gasteiger partial charge in [-0.2, -0.15) is 5.26 Å². The Balaban J connectivity index is 1.93. The number of anilines is 4. The van der Waals surface area contributed by atoms with E-state index in [4.69, 9.17) is 16.2 Å². The maximum absolute atomic E-state index is 12.9. The number of hydrogen-bond donors (Lipinski definition) is 2. The first-order chi connectivity index (χ1) is 14.8. The molecule has 0 saturated carbocycles. The number of amides is 1. The van der Waals surface area contributed by atoms with E-state index in [0.717, 1.165) is 18.4 Å². The first-order valence-corrected chi connectivity index (χ1v) is 10.5. The monoisotopic (exact) mass is 422 g/mol. The van der Waals surface area contributed by atoms with Crippen LogP contribution in [0.25, 0.3) is 10.8 Å². The van der Waals surface area contributed by atoms with Gasteiger partial charge in [0.15, 0.2) is 0 Å². The van der Waals surface area contributed by atoms with Crippen LogP contribution in [-0.2, 0) is 16.0 Å². The van der Waals surface area contributed by atoms with E-state index in [-0.39, 0.29) is 24.2 Å². The van der Waals surface area contributed by atoms with Gasteiger partial charge in [0, 0.05) is 17.6 Å². The standard InChI is InChI=1S/C22H27N7O2/c1-4-28(10-12(2)3)21-15(9-23)17-14-8-16(30)29(11-13-6-5-7-31-13)22(14)27-20(25)18(17)19(24)26-21/h13H,2,4-8,10-11H2,1,3H3,(H2,24,26)(H2,25,27)/p+1/t13-/m1/s1. The fourth-order valence-corrected chi connectivity index (χ4v) is 4.50. The van der Waals surface area contributed by atoms with Crippen molar-refractivity contribution in [3.05, 3.63) is 23.3 Å². The largest absolute Gasteiger partial charge is 0.383 e. The fourth-order valence-electron chi connectivity index (χ4n) is 4.50. The molecular weight excluding hydrogens is 394 g/mol. The van der Waals surface area contributed by atoms with Gasteiger partial charge in [0.2, 0.25) is 17.5 Å². The van der Waals surface area contributed by atoms with Crippen LogP contribution < -0.4 is 26.3 Å². The number of pyridine rings is 2. The Labute approximate surface area is 181 Å². The SMILES string of the molecule is C=C(C)CN(CC)c1[nH+]c(N)c2c(N)nc3c(c2c1C#N)CC(=O)N3C[C@H]1CCCO1. The number of carbonyl (C=O) groups excluding carboxylic acids is 1. The van der Waals surface area contributed by atoms with Crippen molar-refractivity contribution >= 4 is 40.0 Å². The molecular formula is C22H28N7O2+. The number of nitrogens with two attached hydrogens (primary N) is 2. The van der Waals surface area contributed by atoms with Crippen LogP contribution in [-0.4, -0.2) is 43.2 Å². The Morgan fingerprint density at radius 1 is 1.45 bits per heavy atom. The average Bonchev–Trinajstić information content (AvgIpc) is 3.34. The third kappa shape index (κ3) is 3.53. The quantitative estimate of drug-likeness (QED) is 0.674. The molecule has 9 nitrogen and oxygen atoms in total. The third-order valence-electron chi connectivity index (χ3n) is 5.88. The summed E-state index contributed by atoms with van der Waals surface area (Å²) in [5.74, 6) is 1.54. The highest BCUT2D eigenvalue weighted by molar-refractivity contribution is 6.12. The minimum atomic E-state index is -0.0731. The maximum atomic E-state index is 12.9. The summed E-state index contributed by atoms with van der Waals surface area (Å²) < 4.78 is 5.72. The molecule has 2 aromatic rings. The number of fused-ring (bicyclic) bond motifs is 3. The zero-order valence-corrected chi connectivity index (χ0v) is 18.0. The van der Waals surface area contributed by atoms with E-state index in [1.165, 1.54) is 0 Å². The van der Waals surface area contributed by atoms with Crippen molar-refractivity contribution in [2.75, 3.05) is 47.5 Å². The molecule has 0 bridgehead atoms. The molecule has 0 aromatic carbocycles. The van der Waals surface area contributed by atoms with Crippen LogP contribution in [0.3, 0.4) is 0 Å². The minimum Gasteiger partial charge on any atom is -0.383 e. The molecule has 31 heavy (non-hydrogen) atoms. The first-order valence-electron chi connectivity index (χ1n) is 10.5. The second-order valence-corrected chi connectivity index (χ2v) is 8.21. The van der Waals surface area contributed by atoms with E-state index in [9.17, 15) is 10.1 Å². The number of nitrogen functional groups attached to an aromatic ring is 2. The summed E-state index contributed by atoms with van der Waals surface area (Å²) in [7, 11) is 0. The molecule has 162 valence electrons. The molecule has 1 saturated heterocycles. The highest BCUT2D eigenvalue weighted by Crippen LogP contribution is 2.41. The van der Waals surface area contributed by atoms with Gasteiger partial charge in [-0.3, -0.25) is 14.6 Å². The molecule has 0 radical (unpaired) electrons. The Morgan fingerprint density at radius 3 is 2.84 bits per heavy atom. The summed E-state index contributed by atoms with van der Waals surface area (Å²) in [4.78, 5) is 24.2. The van der Waals surface area contributed by atoms with E-state index < -0.39 is 0 Å². The van der Waals surface area contributed by atoms with Crippen LogP contribution in [0.5, 0.6) is 0 Å². The number of nitriles is 1. The van der Waals surface area contributed by atoms with Gasteiger partial charge in [-0.1, -0.05) is 6.58 Å². The van der Waals surface area contributed by atoms with E-state index >= 15 is 0 Å². The van der Waals surface area contributed by atoms with Gasteiger partial charge in [0.1, 0.15) is 23.3 Å². The Morgan fingerprint density at radius 2 is 2.23 bits per heavy atom. The van der Waals surface area contributed by atoms with Crippen LogP contribution in [0, 0.1) is 11.3 Å². The molecule has 0 spiro atoms. The highest BCUT2D eigenvalue weighted by Gasteiger charge is 2.36. The maximum Gasteiger partial charge on any atom is 0.240 e. The lowest BCUT2D eigenvalue weighted by Gasteiger charge is -2.22. The van der Waals surface area contributed by atoms with Crippen molar-refractivity contribution in [2.24, 2.45) is 0 Å². The molecule has 2 aliphatic heterocycles. The summed E-state index contributed by atoms with van der Waals surface area (Å²) in [6, 6.07) is 2.32. The van der Waals surface area contributed by atoms with Crippen molar-refractivity contribution in [1.82, 2.24) is 4.98 Å². The number of nitrogens with one attached hydrogen (secondary N) is 1. The molecule has 1 atom stereocenters. The fraction of sp³-hybridized carbons (Fsp3) is 0.455. The summed E-state index contributed by atoms with van der Waals surface area (Å²) >= 11 is 0. The number of aromatic amines is 1. The molecule has 2 aliphatic rings. The van der Waals surface area contributed by atoms with Crippen molar-refractivity contribution < 1.29 is 14.5 Å². The normalized spacial score (nSPS) is 17.8. The number of ether oxygens (including phenoxy) is 1. The number of likely N-dealkylation sites (N-methyl/N-ethyl adjacent to an activating group) is 1. The number of carbonyl (C=O) groups is 1. The van der Waals surface area contributed by atoms with E-state index in [0.29, 0.717) is 65.6 Å². The van der Waals surface area contributed by atoms with Crippen LogP contribution in [0.4, 0.5) is 23.3 Å². The third-order valence-corrected chi connectivity index (χ3v) is 5.88. The molecule has 0 unspecified atom stereocenters. The topological polar surface area (TPSA) is 136 Å². The number of H-pyrrole nitrogens is 1. The van der Waals surface area contributed by atoms with Gasteiger partial charge >= 0.3 is 0 Å². The summed E-state index contributed by atoms with van der Waals surface area (Å²) in [5, 5.41) is 11.2. The molecule has 1 fully saturated rings. The van der Waals surface area contributed by atoms with Gasteiger partial charge in [-0.25, -0.2) is 9.97 Å². The Bertz CT molecular complexity index is 1120. The predicted molar refractivity (Wildman–Crippen MR) is 120 cm³/mol. The van der Waals surface area contributed by atoms with Crippen molar-refractivity contribution in [3.8, 4) is 6.07 Å². The Kier molecular flexibility index (Phi) is 5.41. The molecule has 1 amide bonds. The smallest absolute Gasteiger partial charge is 0.240 e. The lowest BCUT2D eigenvalue weighted by molar-refractivity contribution is -0.344. The van der Waals surface area contributed by atoms with Gasteiger partial charge in [-0.05, 0) is 32.3 Å². The van der Waals surface area contributed by atoms with E-state index in [2.05, 4.69) is 22.6 Å². The molecule has 4 rings (SSSR count). The molecule has 4 heterocycles. The van der Waals surface area contributed by atoms with E-state index in [1.54, 1.807) is 4.90 Å². The number of rotatable bonds is 6. The predicted octanol–water partition coefficient (Wildman–Crippen LogP) is 1.56. The molecule has 5 N–H and O–H groups in total. The van der Waals surface area contributed by atoms with Crippen LogP contribution >= 0.6 is 0 Å². The van der Waals surface area contributed by atoms with Crippen molar-refractivity contribution in [2.45, 2.75) is 39.2 Å². The van der Waals surface area contributed by atoms with Crippen molar-refractivity contribution in [1.29, 1.82) is 5.26 Å². The Hall–Kier alpha value is -3.38. The lowest BCUT2D eigenvalue weighted by Crippen LogP contribution is -2.35. The molecule has 2 aromatic heterocycles. The van der Waals surface area contributed by atoms with Crippen LogP contribution in [0.2, 0.25) is 0 Å². The van der Waals surface area contributed by atoms with Gasteiger partial charge < -0.3 is 16.2 Å². The first kappa shape index (κ1) is 20.9. The molecule has 9 heteroatoms. The second-order valence-electron chi connectivity index (χ2n) is 8.21. The zero-order valence-electron chi connectivity index (χ0n) is 18.0. The van der Waals surface area contributed by atoms with Crippen LogP contribution in [0.1, 0.15) is 37.8 Å². The summed E-state index contributed by atoms with van der Waals surface area (Å²) in [6.45, 7) is 10.3. The van der Waals surface area contributed by atoms with Gasteiger partial charge in [0.25, 0.3) is 0 Å². The molecule has 0 aliphatic carbocycles. The lowest BCUT2D eigenvalue weighted by atomic mass is 10.0. The zero-order chi connectivity index (χ0) is 22.3. The van der Waals surface area contributed by atoms with Gasteiger partial charge in [-0.15, -0.1) is 0 Å². The summed E-state index contributed by atoms with van der Waals surface area (Å²) in [6.07, 6.45) is 2.02. The second kappa shape index (κ2) is 8.04. The highest BCUT2D eigenvalue weighted by atomic mass is 16.5.